The van der Waals surface area contributed by atoms with Crippen LogP contribution >= 0.6 is 0 Å². The van der Waals surface area contributed by atoms with Gasteiger partial charge in [0.25, 0.3) is 6.01 Å². The van der Waals surface area contributed by atoms with Crippen LogP contribution in [-0.2, 0) is 0 Å². The Morgan fingerprint density at radius 3 is 3.31 bits per heavy atom. The maximum Gasteiger partial charge on any atom is 0.296 e. The first-order valence-electron chi connectivity index (χ1n) is 5.04. The summed E-state index contributed by atoms with van der Waals surface area (Å²) in [6.45, 7) is 5.83. The van der Waals surface area contributed by atoms with Crippen LogP contribution in [0.1, 0.15) is 13.0 Å². The van der Waals surface area contributed by atoms with Gasteiger partial charge in [0.15, 0.2) is 0 Å². The monoisotopic (exact) mass is 220 g/mol. The van der Waals surface area contributed by atoms with Crippen LogP contribution < -0.4 is 4.74 Å². The second-order valence-corrected chi connectivity index (χ2v) is 3.62. The molecule has 0 saturated carbocycles. The first-order chi connectivity index (χ1) is 7.72. The number of aromatic nitrogens is 2. The summed E-state index contributed by atoms with van der Waals surface area (Å²) in [7, 11) is 0. The van der Waals surface area contributed by atoms with E-state index in [4.69, 9.17) is 4.74 Å². The molecule has 0 aromatic carbocycles. The van der Waals surface area contributed by atoms with Crippen LogP contribution in [-0.4, -0.2) is 16.2 Å². The molecule has 1 aliphatic rings. The van der Waals surface area contributed by atoms with Gasteiger partial charge in [0.1, 0.15) is 12.4 Å². The Morgan fingerprint density at radius 1 is 1.75 bits per heavy atom. The molecule has 84 valence electrons. The van der Waals surface area contributed by atoms with E-state index in [2.05, 4.69) is 11.6 Å². The fourth-order valence-corrected chi connectivity index (χ4v) is 1.71. The summed E-state index contributed by atoms with van der Waals surface area (Å²) >= 11 is 0. The molecule has 0 fully saturated rings. The zero-order valence-corrected chi connectivity index (χ0v) is 9.06. The number of rotatable bonds is 3. The van der Waals surface area contributed by atoms with Crippen molar-refractivity contribution >= 4 is 0 Å². The van der Waals surface area contributed by atoms with Crippen LogP contribution in [0.2, 0.25) is 0 Å². The average molecular weight is 220 g/mol. The van der Waals surface area contributed by atoms with Gasteiger partial charge in [-0.2, -0.15) is 0 Å². The van der Waals surface area contributed by atoms with Crippen LogP contribution in [0.15, 0.2) is 48.6 Å². The van der Waals surface area contributed by atoms with E-state index in [-0.39, 0.29) is 11.9 Å². The minimum absolute atomic E-state index is 0.0291. The standard InChI is InChI=1S/C12H13FN2O/c1-3-4-10(13)7-9(2)11-8-16-12-14-5-6-15(11)12/h3-7,11H,1,8H2,2H3/b9-7+,10-4+. The highest BCUT2D eigenvalue weighted by atomic mass is 19.1. The van der Waals surface area contributed by atoms with Crippen LogP contribution in [0.5, 0.6) is 6.01 Å². The normalized spacial score (nSPS) is 20.5. The van der Waals surface area contributed by atoms with Crippen LogP contribution in [0.25, 0.3) is 0 Å². The molecule has 1 unspecified atom stereocenters. The largest absolute Gasteiger partial charge is 0.462 e. The molecule has 2 heterocycles. The summed E-state index contributed by atoms with van der Waals surface area (Å²) in [6.07, 6.45) is 7.75. The highest BCUT2D eigenvalue weighted by Gasteiger charge is 2.24. The summed E-state index contributed by atoms with van der Waals surface area (Å²) in [5, 5.41) is 0. The summed E-state index contributed by atoms with van der Waals surface area (Å²) < 4.78 is 20.5. The van der Waals surface area contributed by atoms with Crippen LogP contribution in [0.4, 0.5) is 4.39 Å². The summed E-state index contributed by atoms with van der Waals surface area (Å²) in [6, 6.07) is 0.618. The van der Waals surface area contributed by atoms with Gasteiger partial charge in [0.05, 0.1) is 6.04 Å². The highest BCUT2D eigenvalue weighted by molar-refractivity contribution is 5.25. The lowest BCUT2D eigenvalue weighted by atomic mass is 10.1. The second kappa shape index (κ2) is 4.35. The number of hydrogen-bond acceptors (Lipinski definition) is 2. The van der Waals surface area contributed by atoms with Crippen molar-refractivity contribution in [3.05, 3.63) is 48.6 Å². The minimum Gasteiger partial charge on any atom is -0.462 e. The van der Waals surface area contributed by atoms with Gasteiger partial charge in [-0.25, -0.2) is 9.37 Å². The van der Waals surface area contributed by atoms with Gasteiger partial charge in [-0.15, -0.1) is 0 Å². The first kappa shape index (κ1) is 10.7. The third-order valence-corrected chi connectivity index (χ3v) is 2.51. The molecule has 2 rings (SSSR count). The molecule has 1 aliphatic heterocycles. The molecule has 0 saturated heterocycles. The van der Waals surface area contributed by atoms with Gasteiger partial charge in [0.2, 0.25) is 0 Å². The Kier molecular flexibility index (Phi) is 2.90. The van der Waals surface area contributed by atoms with E-state index in [1.165, 1.54) is 18.2 Å². The third-order valence-electron chi connectivity index (χ3n) is 2.51. The Morgan fingerprint density at radius 2 is 2.56 bits per heavy atom. The molecule has 3 nitrogen and oxygen atoms in total. The van der Waals surface area contributed by atoms with Crippen molar-refractivity contribution < 1.29 is 9.13 Å². The van der Waals surface area contributed by atoms with Crippen molar-refractivity contribution in [3.63, 3.8) is 0 Å². The molecule has 0 aliphatic carbocycles. The average Bonchev–Trinajstić information content (AvgIpc) is 2.77. The quantitative estimate of drug-likeness (QED) is 0.732. The third kappa shape index (κ3) is 1.91. The molecule has 16 heavy (non-hydrogen) atoms. The second-order valence-electron chi connectivity index (χ2n) is 3.62. The molecule has 1 aromatic rings. The zero-order chi connectivity index (χ0) is 11.5. The number of allylic oxidation sites excluding steroid dienone is 4. The lowest BCUT2D eigenvalue weighted by molar-refractivity contribution is 0.330. The van der Waals surface area contributed by atoms with Crippen molar-refractivity contribution in [2.24, 2.45) is 0 Å². The van der Waals surface area contributed by atoms with Gasteiger partial charge in [-0.05, 0) is 24.6 Å². The van der Waals surface area contributed by atoms with Crippen LogP contribution in [0, 0.1) is 0 Å². The number of imidazole rings is 1. The van der Waals surface area contributed by atoms with Crippen LogP contribution in [0.3, 0.4) is 0 Å². The molecule has 0 amide bonds. The molecule has 0 spiro atoms. The van der Waals surface area contributed by atoms with Gasteiger partial charge in [0, 0.05) is 12.4 Å². The lowest BCUT2D eigenvalue weighted by Crippen LogP contribution is -2.07. The van der Waals surface area contributed by atoms with Gasteiger partial charge < -0.3 is 4.74 Å². The van der Waals surface area contributed by atoms with Gasteiger partial charge in [-0.1, -0.05) is 12.7 Å². The zero-order valence-electron chi connectivity index (χ0n) is 9.06. The van der Waals surface area contributed by atoms with E-state index >= 15 is 0 Å². The number of hydrogen-bond donors (Lipinski definition) is 0. The molecule has 1 aromatic heterocycles. The molecule has 0 radical (unpaired) electrons. The predicted octanol–water partition coefficient (Wildman–Crippen LogP) is 2.80. The topological polar surface area (TPSA) is 27.1 Å². The smallest absolute Gasteiger partial charge is 0.296 e. The van der Waals surface area contributed by atoms with Crippen molar-refractivity contribution in [1.29, 1.82) is 0 Å². The molecular formula is C12H13FN2O. The Hall–Kier alpha value is -1.84. The highest BCUT2D eigenvalue weighted by Crippen LogP contribution is 2.29. The van der Waals surface area contributed by atoms with Crippen molar-refractivity contribution in [1.82, 2.24) is 9.55 Å². The molecule has 1 atom stereocenters. The van der Waals surface area contributed by atoms with Crippen molar-refractivity contribution in [3.8, 4) is 6.01 Å². The summed E-state index contributed by atoms with van der Waals surface area (Å²) in [4.78, 5) is 4.03. The van der Waals surface area contributed by atoms with E-state index in [1.54, 1.807) is 6.20 Å². The van der Waals surface area contributed by atoms with E-state index in [9.17, 15) is 4.39 Å². The minimum atomic E-state index is -0.305. The molecule has 0 bridgehead atoms. The Labute approximate surface area is 93.6 Å². The Balaban J connectivity index is 2.21. The fourth-order valence-electron chi connectivity index (χ4n) is 1.71. The first-order valence-corrected chi connectivity index (χ1v) is 5.04. The lowest BCUT2D eigenvalue weighted by Gasteiger charge is -2.10. The predicted molar refractivity (Wildman–Crippen MR) is 59.9 cm³/mol. The number of halogens is 1. The number of nitrogens with zero attached hydrogens (tertiary/aromatic N) is 2. The molecular weight excluding hydrogens is 207 g/mol. The molecule has 4 heteroatoms. The maximum atomic E-state index is 13.3. The SMILES string of the molecule is C=C/C=C(F)\C=C(/C)C1COc2nccn21. The van der Waals surface area contributed by atoms with E-state index in [0.29, 0.717) is 12.6 Å². The number of ether oxygens (including phenoxy) is 1. The van der Waals surface area contributed by atoms with E-state index in [0.717, 1.165) is 5.57 Å². The maximum absolute atomic E-state index is 13.3. The molecule has 0 N–H and O–H groups in total. The summed E-state index contributed by atoms with van der Waals surface area (Å²) in [5.41, 5.74) is 0.896. The van der Waals surface area contributed by atoms with E-state index in [1.807, 2.05) is 17.7 Å². The Bertz CT molecular complexity index is 459. The summed E-state index contributed by atoms with van der Waals surface area (Å²) in [5.74, 6) is -0.305. The fraction of sp³-hybridized carbons (Fsp3) is 0.250. The van der Waals surface area contributed by atoms with Gasteiger partial charge >= 0.3 is 0 Å². The van der Waals surface area contributed by atoms with Gasteiger partial charge in [-0.3, -0.25) is 4.57 Å². The number of fused-ring (bicyclic) bond motifs is 1. The van der Waals surface area contributed by atoms with Crippen molar-refractivity contribution in [2.75, 3.05) is 6.61 Å². The van der Waals surface area contributed by atoms with E-state index < -0.39 is 0 Å². The van der Waals surface area contributed by atoms with Crippen molar-refractivity contribution in [2.45, 2.75) is 13.0 Å².